The number of methoxy groups -OCH3 is 1. The summed E-state index contributed by atoms with van der Waals surface area (Å²) in [6.07, 6.45) is 4.87. The van der Waals surface area contributed by atoms with Gasteiger partial charge in [-0.2, -0.15) is 5.26 Å². The van der Waals surface area contributed by atoms with Crippen LogP contribution in [0.15, 0.2) is 42.6 Å². The zero-order chi connectivity index (χ0) is 24.5. The van der Waals surface area contributed by atoms with E-state index in [2.05, 4.69) is 38.7 Å². The molecule has 1 aromatic heterocycles. The van der Waals surface area contributed by atoms with Crippen LogP contribution in [0, 0.1) is 11.3 Å². The van der Waals surface area contributed by atoms with Crippen LogP contribution in [0.5, 0.6) is 5.75 Å². The first kappa shape index (κ1) is 25.9. The molecule has 178 valence electrons. The summed E-state index contributed by atoms with van der Waals surface area (Å²) < 4.78 is 13.4. The van der Waals surface area contributed by atoms with E-state index >= 15 is 0 Å². The quantitative estimate of drug-likeness (QED) is 0.239. The molecule has 6 nitrogen and oxygen atoms in total. The van der Waals surface area contributed by atoms with Crippen molar-refractivity contribution in [1.29, 1.82) is 5.26 Å². The lowest BCUT2D eigenvalue weighted by atomic mass is 10.0. The van der Waals surface area contributed by atoms with E-state index in [1.807, 2.05) is 38.2 Å². The fraction of sp³-hybridized carbons (Fsp3) is 0.346. The van der Waals surface area contributed by atoms with Crippen LogP contribution in [-0.2, 0) is 16.0 Å². The number of thiazole rings is 1. The summed E-state index contributed by atoms with van der Waals surface area (Å²) in [6.45, 7) is 3.89. The number of hydrogen-bond donors (Lipinski definition) is 1. The SMILES string of the molecule is CC(C)Oc1ccc(-c2ncc(-c3cccc4c3CCC4NSCC=O)s2)cc1C#N.COC. The molecule has 0 aliphatic heterocycles. The Bertz CT molecular complexity index is 1150. The number of hydrogen-bond acceptors (Lipinski definition) is 8. The van der Waals surface area contributed by atoms with E-state index in [1.165, 1.54) is 28.6 Å². The molecule has 8 heteroatoms. The number of fused-ring (bicyclic) bond motifs is 1. The maximum atomic E-state index is 10.6. The highest BCUT2D eigenvalue weighted by molar-refractivity contribution is 7.98. The van der Waals surface area contributed by atoms with Gasteiger partial charge in [0.15, 0.2) is 0 Å². The second-order valence-corrected chi connectivity index (χ2v) is 9.88. The van der Waals surface area contributed by atoms with E-state index in [0.717, 1.165) is 34.6 Å². The molecule has 1 heterocycles. The van der Waals surface area contributed by atoms with Crippen molar-refractivity contribution in [2.75, 3.05) is 20.0 Å². The Labute approximate surface area is 209 Å². The predicted molar refractivity (Wildman–Crippen MR) is 139 cm³/mol. The molecule has 4 rings (SSSR count). The molecule has 0 radical (unpaired) electrons. The molecule has 3 aromatic rings. The minimum absolute atomic E-state index is 0.0137. The lowest BCUT2D eigenvalue weighted by Crippen LogP contribution is -2.11. The van der Waals surface area contributed by atoms with Gasteiger partial charge in [0.05, 0.1) is 22.3 Å². The van der Waals surface area contributed by atoms with Gasteiger partial charge in [-0.15, -0.1) is 11.3 Å². The minimum Gasteiger partial charge on any atom is -0.490 e. The Morgan fingerprint density at radius 2 is 2.12 bits per heavy atom. The maximum Gasteiger partial charge on any atom is 0.137 e. The highest BCUT2D eigenvalue weighted by Gasteiger charge is 2.25. The zero-order valence-corrected chi connectivity index (χ0v) is 21.5. The Hall–Kier alpha value is -2.70. The van der Waals surface area contributed by atoms with Crippen LogP contribution in [0.2, 0.25) is 0 Å². The third-order valence-electron chi connectivity index (χ3n) is 5.13. The Morgan fingerprint density at radius 3 is 2.82 bits per heavy atom. The van der Waals surface area contributed by atoms with Crippen LogP contribution in [0.1, 0.15) is 43.0 Å². The van der Waals surface area contributed by atoms with Crippen molar-refractivity contribution in [3.8, 4) is 32.8 Å². The average molecular weight is 496 g/mol. The smallest absolute Gasteiger partial charge is 0.137 e. The molecule has 0 saturated heterocycles. The topological polar surface area (TPSA) is 84.2 Å². The van der Waals surface area contributed by atoms with Crippen LogP contribution in [0.3, 0.4) is 0 Å². The highest BCUT2D eigenvalue weighted by atomic mass is 32.2. The van der Waals surface area contributed by atoms with Crippen LogP contribution in [0.4, 0.5) is 0 Å². The number of carbonyl (C=O) groups is 1. The summed E-state index contributed by atoms with van der Waals surface area (Å²) in [4.78, 5) is 16.4. The first-order valence-electron chi connectivity index (χ1n) is 11.0. The van der Waals surface area contributed by atoms with E-state index < -0.39 is 0 Å². The summed E-state index contributed by atoms with van der Waals surface area (Å²) in [5, 5.41) is 10.4. The van der Waals surface area contributed by atoms with E-state index in [-0.39, 0.29) is 12.1 Å². The minimum atomic E-state index is 0.0137. The van der Waals surface area contributed by atoms with Crippen LogP contribution in [0.25, 0.3) is 21.0 Å². The molecule has 0 spiro atoms. The fourth-order valence-corrected chi connectivity index (χ4v) is 5.40. The standard InChI is InChI=1S/C24H23N3O2S2.C2H6O/c1-15(2)29-22-9-6-16(12-17(22)13-25)24-26-14-23(31-24)20-5-3-4-19-18(20)7-8-21(19)27-30-11-10-28;1-3-2/h3-6,9-10,12,14-15,21,27H,7-8,11H2,1-2H3;1-2H3. The average Bonchev–Trinajstić information content (AvgIpc) is 3.47. The van der Waals surface area contributed by atoms with E-state index in [4.69, 9.17) is 4.74 Å². The lowest BCUT2D eigenvalue weighted by molar-refractivity contribution is -0.105. The van der Waals surface area contributed by atoms with Crippen LogP contribution >= 0.6 is 23.3 Å². The van der Waals surface area contributed by atoms with Gasteiger partial charge in [0, 0.05) is 32.0 Å². The largest absolute Gasteiger partial charge is 0.490 e. The Balaban J connectivity index is 0.00000103. The highest BCUT2D eigenvalue weighted by Crippen LogP contribution is 2.41. The second kappa shape index (κ2) is 12.7. The van der Waals surface area contributed by atoms with E-state index in [9.17, 15) is 10.1 Å². The number of carbonyl (C=O) groups excluding carboxylic acids is 1. The van der Waals surface area contributed by atoms with Gasteiger partial charge in [-0.3, -0.25) is 4.72 Å². The number of nitriles is 1. The van der Waals surface area contributed by atoms with Crippen molar-refractivity contribution in [2.24, 2.45) is 0 Å². The normalized spacial score (nSPS) is 14.2. The predicted octanol–water partition coefficient (Wildman–Crippen LogP) is 5.82. The first-order chi connectivity index (χ1) is 16.5. The molecule has 2 aromatic carbocycles. The Kier molecular flexibility index (Phi) is 9.66. The molecule has 0 saturated carbocycles. The first-order valence-corrected chi connectivity index (χ1v) is 12.8. The van der Waals surface area contributed by atoms with Gasteiger partial charge in [-0.1, -0.05) is 30.1 Å². The van der Waals surface area contributed by atoms with Gasteiger partial charge >= 0.3 is 0 Å². The number of aldehydes is 1. The van der Waals surface area contributed by atoms with Crippen molar-refractivity contribution in [1.82, 2.24) is 9.71 Å². The molecular weight excluding hydrogens is 466 g/mol. The molecule has 34 heavy (non-hydrogen) atoms. The third kappa shape index (κ3) is 6.24. The number of nitrogens with one attached hydrogen (secondary N) is 1. The van der Waals surface area contributed by atoms with Gasteiger partial charge < -0.3 is 14.3 Å². The van der Waals surface area contributed by atoms with E-state index in [1.54, 1.807) is 25.6 Å². The molecule has 1 atom stereocenters. The molecule has 0 bridgehead atoms. The number of rotatable bonds is 8. The van der Waals surface area contributed by atoms with Crippen LogP contribution in [-0.4, -0.2) is 37.3 Å². The summed E-state index contributed by atoms with van der Waals surface area (Å²) in [5.41, 5.74) is 5.30. The summed E-state index contributed by atoms with van der Waals surface area (Å²) >= 11 is 3.09. The monoisotopic (exact) mass is 495 g/mol. The van der Waals surface area contributed by atoms with Gasteiger partial charge in [0.2, 0.25) is 0 Å². The molecular formula is C26H29N3O3S2. The molecule has 1 unspecified atom stereocenters. The second-order valence-electron chi connectivity index (χ2n) is 7.99. The lowest BCUT2D eigenvalue weighted by Gasteiger charge is -2.13. The third-order valence-corrected chi connectivity index (χ3v) is 6.96. The fourth-order valence-electron chi connectivity index (χ4n) is 3.83. The van der Waals surface area contributed by atoms with Gasteiger partial charge in [-0.05, 0) is 61.6 Å². The number of nitrogens with zero attached hydrogens (tertiary/aromatic N) is 2. The zero-order valence-electron chi connectivity index (χ0n) is 19.8. The summed E-state index contributed by atoms with van der Waals surface area (Å²) in [6, 6.07) is 14.6. The number of ether oxygens (including phenoxy) is 2. The number of aromatic nitrogens is 1. The maximum absolute atomic E-state index is 10.6. The van der Waals surface area contributed by atoms with Gasteiger partial charge in [0.1, 0.15) is 23.1 Å². The van der Waals surface area contributed by atoms with Crippen molar-refractivity contribution in [3.05, 3.63) is 59.3 Å². The molecule has 1 N–H and O–H groups in total. The molecule has 0 fully saturated rings. The van der Waals surface area contributed by atoms with Crippen molar-refractivity contribution >= 4 is 29.6 Å². The molecule has 0 amide bonds. The number of benzene rings is 2. The molecule has 1 aliphatic rings. The van der Waals surface area contributed by atoms with Crippen molar-refractivity contribution < 1.29 is 14.3 Å². The van der Waals surface area contributed by atoms with E-state index in [0.29, 0.717) is 17.1 Å². The summed E-state index contributed by atoms with van der Waals surface area (Å²) in [7, 11) is 3.25. The van der Waals surface area contributed by atoms with Gasteiger partial charge in [-0.25, -0.2) is 4.98 Å². The van der Waals surface area contributed by atoms with Gasteiger partial charge in [0.25, 0.3) is 0 Å². The van der Waals surface area contributed by atoms with Crippen molar-refractivity contribution in [2.45, 2.75) is 38.8 Å². The van der Waals surface area contributed by atoms with Crippen LogP contribution < -0.4 is 9.46 Å². The molecule has 1 aliphatic carbocycles. The Morgan fingerprint density at radius 1 is 1.32 bits per heavy atom. The van der Waals surface area contributed by atoms with Crippen molar-refractivity contribution in [3.63, 3.8) is 0 Å². The summed E-state index contributed by atoms with van der Waals surface area (Å²) in [5.74, 6) is 1.06.